The number of fused-ring (bicyclic) bond motifs is 1. The largest absolute Gasteiger partial charge is 0.264 e. The molecule has 2 heteroatoms. The topological polar surface area (TPSA) is 16.8 Å². The standard InChI is InChI=1S/C22H25N2/c1-16-9-11-23-15-21(16)22-20-8-7-18(13-17-5-3-4-6-17)14-19(20)10-12-24(22)2/h7-12,14-15,17H,3-6,13H2,1-2H3/q+1. The summed E-state index contributed by atoms with van der Waals surface area (Å²) in [5.41, 5.74) is 5.22. The molecule has 1 aliphatic carbocycles. The molecule has 0 radical (unpaired) electrons. The van der Waals surface area contributed by atoms with Crippen molar-refractivity contribution in [2.45, 2.75) is 39.0 Å². The van der Waals surface area contributed by atoms with E-state index in [1.54, 1.807) is 0 Å². The van der Waals surface area contributed by atoms with Gasteiger partial charge in [-0.3, -0.25) is 4.98 Å². The molecule has 0 bridgehead atoms. The van der Waals surface area contributed by atoms with Gasteiger partial charge in [0.15, 0.2) is 6.20 Å². The SMILES string of the molecule is Cc1ccncc1-c1c2ccc(CC3CCCC3)cc2cc[n+]1C. The van der Waals surface area contributed by atoms with Gasteiger partial charge < -0.3 is 0 Å². The van der Waals surface area contributed by atoms with E-state index in [0.717, 1.165) is 5.92 Å². The minimum absolute atomic E-state index is 0.891. The van der Waals surface area contributed by atoms with Crippen molar-refractivity contribution in [2.75, 3.05) is 0 Å². The molecule has 24 heavy (non-hydrogen) atoms. The van der Waals surface area contributed by atoms with Crippen molar-refractivity contribution >= 4 is 10.8 Å². The summed E-state index contributed by atoms with van der Waals surface area (Å²) in [4.78, 5) is 4.34. The van der Waals surface area contributed by atoms with Crippen LogP contribution in [0.2, 0.25) is 0 Å². The first-order chi connectivity index (χ1) is 11.7. The predicted molar refractivity (Wildman–Crippen MR) is 98.8 cm³/mol. The average molecular weight is 317 g/mol. The molecule has 0 spiro atoms. The van der Waals surface area contributed by atoms with Crippen LogP contribution in [0, 0.1) is 12.8 Å². The molecule has 1 saturated carbocycles. The van der Waals surface area contributed by atoms with Crippen LogP contribution in [0.1, 0.15) is 36.8 Å². The Morgan fingerprint density at radius 1 is 1.12 bits per heavy atom. The summed E-state index contributed by atoms with van der Waals surface area (Å²) < 4.78 is 2.21. The molecular formula is C22H25N2+. The predicted octanol–water partition coefficient (Wildman–Crippen LogP) is 4.77. The van der Waals surface area contributed by atoms with Crippen LogP contribution in [0.3, 0.4) is 0 Å². The van der Waals surface area contributed by atoms with E-state index in [4.69, 9.17) is 0 Å². The number of aromatic nitrogens is 2. The molecule has 2 aromatic heterocycles. The fourth-order valence-corrected chi connectivity index (χ4v) is 4.14. The Kier molecular flexibility index (Phi) is 4.05. The second-order valence-electron chi connectivity index (χ2n) is 7.24. The van der Waals surface area contributed by atoms with Gasteiger partial charge in [-0.05, 0) is 47.9 Å². The molecule has 1 aliphatic rings. The Balaban J connectivity index is 1.80. The third-order valence-electron chi connectivity index (χ3n) is 5.49. The molecule has 0 saturated heterocycles. The van der Waals surface area contributed by atoms with Crippen LogP contribution in [0.25, 0.3) is 22.0 Å². The van der Waals surface area contributed by atoms with Crippen LogP contribution in [-0.2, 0) is 13.5 Å². The zero-order valence-electron chi connectivity index (χ0n) is 14.6. The van der Waals surface area contributed by atoms with Crippen molar-refractivity contribution in [1.29, 1.82) is 0 Å². The summed E-state index contributed by atoms with van der Waals surface area (Å²) in [6.45, 7) is 2.16. The Morgan fingerprint density at radius 2 is 1.96 bits per heavy atom. The summed E-state index contributed by atoms with van der Waals surface area (Å²) in [5, 5.41) is 2.65. The maximum absolute atomic E-state index is 4.34. The van der Waals surface area contributed by atoms with Crippen LogP contribution in [-0.4, -0.2) is 4.98 Å². The van der Waals surface area contributed by atoms with E-state index in [1.807, 2.05) is 12.4 Å². The Bertz CT molecular complexity index is 876. The number of hydrogen-bond donors (Lipinski definition) is 0. The first kappa shape index (κ1) is 15.3. The third kappa shape index (κ3) is 2.82. The highest BCUT2D eigenvalue weighted by Crippen LogP contribution is 2.31. The van der Waals surface area contributed by atoms with Gasteiger partial charge in [-0.1, -0.05) is 37.8 Å². The molecule has 122 valence electrons. The zero-order chi connectivity index (χ0) is 16.5. The quantitative estimate of drug-likeness (QED) is 0.636. The summed E-state index contributed by atoms with van der Waals surface area (Å²) in [6, 6.07) is 11.4. The van der Waals surface area contributed by atoms with Gasteiger partial charge in [0.1, 0.15) is 7.05 Å². The fourth-order valence-electron chi connectivity index (χ4n) is 4.14. The van der Waals surface area contributed by atoms with E-state index >= 15 is 0 Å². The maximum Gasteiger partial charge on any atom is 0.221 e. The molecular weight excluding hydrogens is 292 g/mol. The maximum atomic E-state index is 4.34. The lowest BCUT2D eigenvalue weighted by Gasteiger charge is -2.11. The number of aryl methyl sites for hydroxylation is 2. The lowest BCUT2D eigenvalue weighted by Crippen LogP contribution is -2.30. The van der Waals surface area contributed by atoms with Crippen LogP contribution < -0.4 is 4.57 Å². The van der Waals surface area contributed by atoms with Crippen LogP contribution in [0.4, 0.5) is 0 Å². The number of hydrogen-bond acceptors (Lipinski definition) is 1. The molecule has 2 nitrogen and oxygen atoms in total. The van der Waals surface area contributed by atoms with E-state index in [1.165, 1.54) is 65.3 Å². The second kappa shape index (κ2) is 6.35. The van der Waals surface area contributed by atoms with Crippen molar-refractivity contribution in [3.05, 3.63) is 60.0 Å². The lowest BCUT2D eigenvalue weighted by atomic mass is 9.95. The summed E-state index contributed by atoms with van der Waals surface area (Å²) >= 11 is 0. The highest BCUT2D eigenvalue weighted by molar-refractivity contribution is 5.93. The molecule has 2 heterocycles. The molecule has 0 unspecified atom stereocenters. The smallest absolute Gasteiger partial charge is 0.221 e. The molecule has 0 amide bonds. The van der Waals surface area contributed by atoms with E-state index in [-0.39, 0.29) is 0 Å². The highest BCUT2D eigenvalue weighted by atomic mass is 14.9. The molecule has 0 N–H and O–H groups in total. The Morgan fingerprint density at radius 3 is 2.75 bits per heavy atom. The van der Waals surface area contributed by atoms with Gasteiger partial charge in [0.25, 0.3) is 0 Å². The minimum atomic E-state index is 0.891. The van der Waals surface area contributed by atoms with Crippen molar-refractivity contribution in [1.82, 2.24) is 4.98 Å². The minimum Gasteiger partial charge on any atom is -0.264 e. The van der Waals surface area contributed by atoms with E-state index in [2.05, 4.69) is 60.1 Å². The number of benzene rings is 1. The van der Waals surface area contributed by atoms with Crippen LogP contribution in [0.5, 0.6) is 0 Å². The van der Waals surface area contributed by atoms with Crippen molar-refractivity contribution in [3.8, 4) is 11.3 Å². The van der Waals surface area contributed by atoms with Gasteiger partial charge in [0, 0.05) is 18.5 Å². The average Bonchev–Trinajstić information content (AvgIpc) is 3.09. The Labute approximate surface area is 144 Å². The molecule has 4 rings (SSSR count). The van der Waals surface area contributed by atoms with Gasteiger partial charge in [-0.25, -0.2) is 4.57 Å². The second-order valence-corrected chi connectivity index (χ2v) is 7.24. The monoisotopic (exact) mass is 317 g/mol. The van der Waals surface area contributed by atoms with Crippen LogP contribution >= 0.6 is 0 Å². The lowest BCUT2D eigenvalue weighted by molar-refractivity contribution is -0.659. The number of nitrogens with zero attached hydrogens (tertiary/aromatic N) is 2. The van der Waals surface area contributed by atoms with E-state index < -0.39 is 0 Å². The van der Waals surface area contributed by atoms with Gasteiger partial charge >= 0.3 is 0 Å². The summed E-state index contributed by atoms with van der Waals surface area (Å²) in [6.07, 6.45) is 12.9. The third-order valence-corrected chi connectivity index (χ3v) is 5.49. The summed E-state index contributed by atoms with van der Waals surface area (Å²) in [5.74, 6) is 0.891. The first-order valence-electron chi connectivity index (χ1n) is 9.04. The molecule has 1 fully saturated rings. The molecule has 3 aromatic rings. The zero-order valence-corrected chi connectivity index (χ0v) is 14.6. The van der Waals surface area contributed by atoms with Gasteiger partial charge in [-0.15, -0.1) is 0 Å². The van der Waals surface area contributed by atoms with Crippen molar-refractivity contribution in [2.24, 2.45) is 13.0 Å². The van der Waals surface area contributed by atoms with Gasteiger partial charge in [-0.2, -0.15) is 0 Å². The number of pyridine rings is 2. The van der Waals surface area contributed by atoms with Crippen LogP contribution in [0.15, 0.2) is 48.9 Å². The van der Waals surface area contributed by atoms with Crippen molar-refractivity contribution < 1.29 is 4.57 Å². The molecule has 1 aromatic carbocycles. The Hall–Kier alpha value is -2.22. The molecule has 0 atom stereocenters. The van der Waals surface area contributed by atoms with Crippen molar-refractivity contribution in [3.63, 3.8) is 0 Å². The van der Waals surface area contributed by atoms with E-state index in [9.17, 15) is 0 Å². The summed E-state index contributed by atoms with van der Waals surface area (Å²) in [7, 11) is 2.12. The van der Waals surface area contributed by atoms with Gasteiger partial charge in [0.2, 0.25) is 5.69 Å². The van der Waals surface area contributed by atoms with Gasteiger partial charge in [0.05, 0.1) is 10.9 Å². The normalized spacial score (nSPS) is 15.2. The van der Waals surface area contributed by atoms with E-state index in [0.29, 0.717) is 0 Å². The molecule has 0 aliphatic heterocycles. The number of rotatable bonds is 3. The highest BCUT2D eigenvalue weighted by Gasteiger charge is 2.19. The fraction of sp³-hybridized carbons (Fsp3) is 0.364. The first-order valence-corrected chi connectivity index (χ1v) is 9.04.